The third kappa shape index (κ3) is 3.92. The van der Waals surface area contributed by atoms with Crippen molar-refractivity contribution in [2.75, 3.05) is 6.61 Å². The van der Waals surface area contributed by atoms with Gasteiger partial charge in [0.25, 0.3) is 5.91 Å². The zero-order chi connectivity index (χ0) is 16.2. The Balaban J connectivity index is 1.82. The lowest BCUT2D eigenvalue weighted by atomic mass is 10.0. The first-order chi connectivity index (χ1) is 11.2. The highest BCUT2D eigenvalue weighted by atomic mass is 35.5. The van der Waals surface area contributed by atoms with Gasteiger partial charge in [0.2, 0.25) is 0 Å². The monoisotopic (exact) mass is 329 g/mol. The molecule has 1 atom stereocenters. The van der Waals surface area contributed by atoms with Gasteiger partial charge in [0.15, 0.2) is 0 Å². The lowest BCUT2D eigenvalue weighted by molar-refractivity contribution is 0.0924. The molecule has 1 aliphatic carbocycles. The maximum Gasteiger partial charge on any atom is 0.253 e. The van der Waals surface area contributed by atoms with Gasteiger partial charge in [-0.3, -0.25) is 4.79 Å². The predicted molar refractivity (Wildman–Crippen MR) is 92.6 cm³/mol. The first kappa shape index (κ1) is 16.0. The minimum Gasteiger partial charge on any atom is -0.396 e. The second-order valence-electron chi connectivity index (χ2n) is 5.99. The highest BCUT2D eigenvalue weighted by Crippen LogP contribution is 2.34. The molecule has 120 valence electrons. The van der Waals surface area contributed by atoms with Crippen molar-refractivity contribution >= 4 is 17.5 Å². The highest BCUT2D eigenvalue weighted by molar-refractivity contribution is 6.34. The first-order valence-corrected chi connectivity index (χ1v) is 8.33. The normalized spacial score (nSPS) is 15.2. The van der Waals surface area contributed by atoms with E-state index in [1.807, 2.05) is 42.5 Å². The van der Waals surface area contributed by atoms with Gasteiger partial charge in [-0.1, -0.05) is 48.0 Å². The summed E-state index contributed by atoms with van der Waals surface area (Å²) in [5.41, 5.74) is 2.49. The molecule has 0 aromatic heterocycles. The summed E-state index contributed by atoms with van der Waals surface area (Å²) in [4.78, 5) is 12.6. The van der Waals surface area contributed by atoms with E-state index < -0.39 is 0 Å². The highest BCUT2D eigenvalue weighted by Gasteiger charge is 2.32. The van der Waals surface area contributed by atoms with Crippen molar-refractivity contribution in [2.24, 2.45) is 5.92 Å². The smallest absolute Gasteiger partial charge is 0.253 e. The van der Waals surface area contributed by atoms with Gasteiger partial charge in [0, 0.05) is 12.6 Å². The van der Waals surface area contributed by atoms with Gasteiger partial charge < -0.3 is 10.4 Å². The van der Waals surface area contributed by atoms with E-state index in [4.69, 9.17) is 16.7 Å². The SMILES string of the molecule is O=C(NC(CCO)C1CC1)c1cc(-c2ccccc2)ccc1Cl. The van der Waals surface area contributed by atoms with Crippen LogP contribution in [-0.4, -0.2) is 23.7 Å². The zero-order valence-corrected chi connectivity index (χ0v) is 13.6. The molecule has 0 saturated heterocycles. The van der Waals surface area contributed by atoms with Crippen LogP contribution in [0.2, 0.25) is 5.02 Å². The topological polar surface area (TPSA) is 49.3 Å². The molecule has 3 nitrogen and oxygen atoms in total. The quantitative estimate of drug-likeness (QED) is 0.844. The standard InChI is InChI=1S/C19H20ClNO2/c20-17-9-8-15(13-4-2-1-3-5-13)12-16(17)19(23)21-18(10-11-22)14-6-7-14/h1-5,8-9,12,14,18,22H,6-7,10-11H2,(H,21,23). The van der Waals surface area contributed by atoms with E-state index in [1.54, 1.807) is 6.07 Å². The van der Waals surface area contributed by atoms with E-state index in [0.29, 0.717) is 22.9 Å². The van der Waals surface area contributed by atoms with Crippen LogP contribution in [0.25, 0.3) is 11.1 Å². The molecule has 0 heterocycles. The number of aliphatic hydroxyl groups excluding tert-OH is 1. The molecule has 23 heavy (non-hydrogen) atoms. The van der Waals surface area contributed by atoms with Gasteiger partial charge in [-0.2, -0.15) is 0 Å². The predicted octanol–water partition coefficient (Wildman–Crippen LogP) is 3.90. The Bertz CT molecular complexity index is 683. The van der Waals surface area contributed by atoms with Crippen LogP contribution >= 0.6 is 11.6 Å². The molecule has 1 unspecified atom stereocenters. The van der Waals surface area contributed by atoms with Crippen LogP contribution < -0.4 is 5.32 Å². The Labute approximate surface area is 141 Å². The summed E-state index contributed by atoms with van der Waals surface area (Å²) < 4.78 is 0. The minimum atomic E-state index is -0.168. The lowest BCUT2D eigenvalue weighted by Crippen LogP contribution is -2.37. The van der Waals surface area contributed by atoms with E-state index in [-0.39, 0.29) is 18.6 Å². The maximum absolute atomic E-state index is 12.6. The Hall–Kier alpha value is -1.84. The number of nitrogens with one attached hydrogen (secondary N) is 1. The molecule has 3 rings (SSSR count). The molecule has 0 bridgehead atoms. The van der Waals surface area contributed by atoms with Gasteiger partial charge in [-0.25, -0.2) is 0 Å². The van der Waals surface area contributed by atoms with Crippen LogP contribution in [0.3, 0.4) is 0 Å². The summed E-state index contributed by atoms with van der Waals surface area (Å²) in [6.45, 7) is 0.0826. The van der Waals surface area contributed by atoms with Crippen LogP contribution in [0.1, 0.15) is 29.6 Å². The number of carbonyl (C=O) groups excluding carboxylic acids is 1. The van der Waals surface area contributed by atoms with Crippen molar-refractivity contribution in [3.8, 4) is 11.1 Å². The fraction of sp³-hybridized carbons (Fsp3) is 0.316. The van der Waals surface area contributed by atoms with Crippen LogP contribution in [0, 0.1) is 5.92 Å². The molecular formula is C19H20ClNO2. The summed E-state index contributed by atoms with van der Waals surface area (Å²) in [7, 11) is 0. The van der Waals surface area contributed by atoms with Gasteiger partial charge in [-0.15, -0.1) is 0 Å². The molecule has 0 radical (unpaired) electrons. The van der Waals surface area contributed by atoms with Crippen molar-refractivity contribution in [1.29, 1.82) is 0 Å². The van der Waals surface area contributed by atoms with Crippen molar-refractivity contribution in [1.82, 2.24) is 5.32 Å². The summed E-state index contributed by atoms with van der Waals surface area (Å²) in [5, 5.41) is 12.6. The molecule has 1 saturated carbocycles. The lowest BCUT2D eigenvalue weighted by Gasteiger charge is -2.18. The van der Waals surface area contributed by atoms with Gasteiger partial charge in [0.05, 0.1) is 10.6 Å². The Kier molecular flexibility index (Phi) is 4.99. The molecular weight excluding hydrogens is 310 g/mol. The van der Waals surface area contributed by atoms with Crippen molar-refractivity contribution in [3.63, 3.8) is 0 Å². The third-order valence-corrected chi connectivity index (χ3v) is 4.60. The van der Waals surface area contributed by atoms with Gasteiger partial charge >= 0.3 is 0 Å². The molecule has 1 amide bonds. The largest absolute Gasteiger partial charge is 0.396 e. The van der Waals surface area contributed by atoms with Crippen LogP contribution in [0.15, 0.2) is 48.5 Å². The number of benzene rings is 2. The number of aliphatic hydroxyl groups is 1. The molecule has 2 N–H and O–H groups in total. The van der Waals surface area contributed by atoms with E-state index in [9.17, 15) is 4.79 Å². The molecule has 2 aromatic rings. The fourth-order valence-electron chi connectivity index (χ4n) is 2.82. The average Bonchev–Trinajstić information content (AvgIpc) is 3.40. The summed E-state index contributed by atoms with van der Waals surface area (Å²) in [6.07, 6.45) is 2.82. The van der Waals surface area contributed by atoms with Crippen LogP contribution in [-0.2, 0) is 0 Å². The molecule has 1 fully saturated rings. The van der Waals surface area contributed by atoms with E-state index in [0.717, 1.165) is 24.0 Å². The molecule has 1 aliphatic rings. The Morgan fingerprint density at radius 1 is 1.17 bits per heavy atom. The number of carbonyl (C=O) groups is 1. The second kappa shape index (κ2) is 7.16. The summed E-state index contributed by atoms with van der Waals surface area (Å²) in [5.74, 6) is 0.320. The van der Waals surface area contributed by atoms with Crippen LogP contribution in [0.5, 0.6) is 0 Å². The number of hydrogen-bond donors (Lipinski definition) is 2. The summed E-state index contributed by atoms with van der Waals surface area (Å²) >= 11 is 6.22. The Morgan fingerprint density at radius 3 is 2.57 bits per heavy atom. The van der Waals surface area contributed by atoms with E-state index >= 15 is 0 Å². The third-order valence-electron chi connectivity index (χ3n) is 4.27. The van der Waals surface area contributed by atoms with E-state index in [1.165, 1.54) is 0 Å². The molecule has 0 aliphatic heterocycles. The first-order valence-electron chi connectivity index (χ1n) is 7.95. The Morgan fingerprint density at radius 2 is 1.91 bits per heavy atom. The maximum atomic E-state index is 12.6. The van der Waals surface area contributed by atoms with E-state index in [2.05, 4.69) is 5.32 Å². The van der Waals surface area contributed by atoms with Gasteiger partial charge in [0.1, 0.15) is 0 Å². The minimum absolute atomic E-state index is 0.0314. The zero-order valence-electron chi connectivity index (χ0n) is 12.8. The number of hydrogen-bond acceptors (Lipinski definition) is 2. The van der Waals surface area contributed by atoms with Crippen molar-refractivity contribution in [2.45, 2.75) is 25.3 Å². The van der Waals surface area contributed by atoms with Crippen LogP contribution in [0.4, 0.5) is 0 Å². The molecule has 4 heteroatoms. The number of amides is 1. The van der Waals surface area contributed by atoms with Crippen molar-refractivity contribution in [3.05, 3.63) is 59.1 Å². The number of rotatable bonds is 6. The van der Waals surface area contributed by atoms with Crippen molar-refractivity contribution < 1.29 is 9.90 Å². The number of halogens is 1. The van der Waals surface area contributed by atoms with Gasteiger partial charge in [-0.05, 0) is 48.4 Å². The summed E-state index contributed by atoms with van der Waals surface area (Å²) in [6, 6.07) is 15.4. The average molecular weight is 330 g/mol. The fourth-order valence-corrected chi connectivity index (χ4v) is 3.02. The second-order valence-corrected chi connectivity index (χ2v) is 6.40. The molecule has 0 spiro atoms. The molecule has 2 aromatic carbocycles.